The Bertz CT molecular complexity index is 554. The number of β-amino-alcohol motifs (C(OH)–C–C–N with tert-alkyl or cyclic N) is 1. The van der Waals surface area contributed by atoms with Gasteiger partial charge in [-0.25, -0.2) is 0 Å². The van der Waals surface area contributed by atoms with Crippen LogP contribution >= 0.6 is 0 Å². The van der Waals surface area contributed by atoms with Crippen molar-refractivity contribution in [2.45, 2.75) is 24.7 Å². The zero-order valence-electron chi connectivity index (χ0n) is 12.6. The van der Waals surface area contributed by atoms with E-state index in [9.17, 15) is 23.4 Å². The molecule has 2 aliphatic heterocycles. The molecule has 0 aliphatic carbocycles. The Kier molecular flexibility index (Phi) is 4.39. The lowest BCUT2D eigenvalue weighted by molar-refractivity contribution is -0.151. The number of likely N-dealkylation sites (tertiary alicyclic amines) is 1. The van der Waals surface area contributed by atoms with E-state index < -0.39 is 29.3 Å². The molecule has 0 saturated carbocycles. The van der Waals surface area contributed by atoms with Crippen LogP contribution in [0.4, 0.5) is 13.2 Å². The summed E-state index contributed by atoms with van der Waals surface area (Å²) in [6.07, 6.45) is -4.84. The standard InChI is InChI=1S/C16H20F3NO3/c17-16(18,19)13-4-2-1-3-12(13)14-5-11(22)6-20(14)7-15(8-21)9-23-10-15/h1-4,11,14,21-22H,5-10H2/t11-,14+/m0/s1. The van der Waals surface area contributed by atoms with Crippen molar-refractivity contribution in [1.82, 2.24) is 4.90 Å². The van der Waals surface area contributed by atoms with Crippen LogP contribution in [0.3, 0.4) is 0 Å². The molecule has 1 aromatic rings. The van der Waals surface area contributed by atoms with Gasteiger partial charge in [0.2, 0.25) is 0 Å². The summed E-state index contributed by atoms with van der Waals surface area (Å²) in [6, 6.07) is 5.00. The summed E-state index contributed by atoms with van der Waals surface area (Å²) in [4.78, 5) is 1.84. The minimum Gasteiger partial charge on any atom is -0.396 e. The summed E-state index contributed by atoms with van der Waals surface area (Å²) in [7, 11) is 0. The van der Waals surface area contributed by atoms with Gasteiger partial charge in [-0.2, -0.15) is 13.2 Å². The fourth-order valence-electron chi connectivity index (χ4n) is 3.48. The molecule has 0 amide bonds. The van der Waals surface area contributed by atoms with Crippen molar-refractivity contribution in [2.75, 3.05) is 32.9 Å². The number of hydrogen-bond donors (Lipinski definition) is 2. The maximum Gasteiger partial charge on any atom is 0.416 e. The molecule has 7 heteroatoms. The number of rotatable bonds is 4. The first-order valence-corrected chi connectivity index (χ1v) is 7.61. The van der Waals surface area contributed by atoms with E-state index in [0.717, 1.165) is 6.07 Å². The van der Waals surface area contributed by atoms with Crippen molar-refractivity contribution in [3.05, 3.63) is 35.4 Å². The van der Waals surface area contributed by atoms with Crippen LogP contribution in [0.2, 0.25) is 0 Å². The molecule has 3 rings (SSSR count). The van der Waals surface area contributed by atoms with E-state index >= 15 is 0 Å². The van der Waals surface area contributed by atoms with E-state index in [1.54, 1.807) is 6.07 Å². The van der Waals surface area contributed by atoms with Crippen LogP contribution < -0.4 is 0 Å². The van der Waals surface area contributed by atoms with Crippen LogP contribution in [0, 0.1) is 5.41 Å². The van der Waals surface area contributed by atoms with Gasteiger partial charge < -0.3 is 14.9 Å². The largest absolute Gasteiger partial charge is 0.416 e. The third-order valence-electron chi connectivity index (χ3n) is 4.70. The summed E-state index contributed by atoms with van der Waals surface area (Å²) >= 11 is 0. The molecule has 1 aromatic carbocycles. The molecular weight excluding hydrogens is 311 g/mol. The second kappa shape index (κ2) is 6.05. The quantitative estimate of drug-likeness (QED) is 0.884. The van der Waals surface area contributed by atoms with Gasteiger partial charge in [-0.1, -0.05) is 18.2 Å². The monoisotopic (exact) mass is 331 g/mol. The molecule has 2 aliphatic rings. The van der Waals surface area contributed by atoms with Gasteiger partial charge in [-0.05, 0) is 18.1 Å². The van der Waals surface area contributed by atoms with Gasteiger partial charge in [-0.3, -0.25) is 4.90 Å². The van der Waals surface area contributed by atoms with E-state index in [0.29, 0.717) is 26.3 Å². The molecule has 2 fully saturated rings. The normalized spacial score (nSPS) is 27.9. The van der Waals surface area contributed by atoms with Crippen molar-refractivity contribution in [3.8, 4) is 0 Å². The number of nitrogens with zero attached hydrogens (tertiary/aromatic N) is 1. The van der Waals surface area contributed by atoms with Crippen LogP contribution in [0.25, 0.3) is 0 Å². The Morgan fingerprint density at radius 1 is 1.26 bits per heavy atom. The highest BCUT2D eigenvalue weighted by Crippen LogP contribution is 2.42. The summed E-state index contributed by atoms with van der Waals surface area (Å²) in [5.41, 5.74) is -0.910. The molecule has 2 N–H and O–H groups in total. The summed E-state index contributed by atoms with van der Waals surface area (Å²) in [5.74, 6) is 0. The van der Waals surface area contributed by atoms with Crippen molar-refractivity contribution in [3.63, 3.8) is 0 Å². The van der Waals surface area contributed by atoms with Crippen molar-refractivity contribution >= 4 is 0 Å². The highest BCUT2D eigenvalue weighted by Gasteiger charge is 2.45. The van der Waals surface area contributed by atoms with E-state index in [1.807, 2.05) is 4.90 Å². The average Bonchev–Trinajstić information content (AvgIpc) is 2.82. The summed E-state index contributed by atoms with van der Waals surface area (Å²) in [5, 5.41) is 19.5. The average molecular weight is 331 g/mol. The first-order valence-electron chi connectivity index (χ1n) is 7.61. The van der Waals surface area contributed by atoms with Crippen LogP contribution in [0.1, 0.15) is 23.6 Å². The number of ether oxygens (including phenoxy) is 1. The van der Waals surface area contributed by atoms with Crippen LogP contribution in [-0.4, -0.2) is 54.1 Å². The molecule has 2 heterocycles. The number of aliphatic hydroxyl groups excluding tert-OH is 2. The summed E-state index contributed by atoms with van der Waals surface area (Å²) < 4.78 is 45.0. The van der Waals surface area contributed by atoms with E-state index in [-0.39, 0.29) is 18.6 Å². The van der Waals surface area contributed by atoms with Crippen molar-refractivity contribution in [2.24, 2.45) is 5.41 Å². The van der Waals surface area contributed by atoms with Gasteiger partial charge in [0.05, 0.1) is 36.9 Å². The van der Waals surface area contributed by atoms with Crippen LogP contribution in [-0.2, 0) is 10.9 Å². The topological polar surface area (TPSA) is 52.9 Å². The summed E-state index contributed by atoms with van der Waals surface area (Å²) in [6.45, 7) is 1.43. The predicted octanol–water partition coefficient (Wildman–Crippen LogP) is 1.82. The van der Waals surface area contributed by atoms with Crippen LogP contribution in [0.5, 0.6) is 0 Å². The third-order valence-corrected chi connectivity index (χ3v) is 4.70. The number of benzene rings is 1. The lowest BCUT2D eigenvalue weighted by atomic mass is 9.85. The number of alkyl halides is 3. The Morgan fingerprint density at radius 3 is 2.52 bits per heavy atom. The van der Waals surface area contributed by atoms with Gasteiger partial charge in [0.1, 0.15) is 0 Å². The lowest BCUT2D eigenvalue weighted by Gasteiger charge is -2.43. The van der Waals surface area contributed by atoms with E-state index in [4.69, 9.17) is 4.74 Å². The Labute approximate surface area is 132 Å². The molecule has 0 radical (unpaired) electrons. The molecule has 2 atom stereocenters. The minimum atomic E-state index is -4.43. The number of halogens is 3. The Morgan fingerprint density at radius 2 is 1.96 bits per heavy atom. The first kappa shape index (κ1) is 16.7. The van der Waals surface area contributed by atoms with E-state index in [1.165, 1.54) is 12.1 Å². The molecule has 23 heavy (non-hydrogen) atoms. The number of hydrogen-bond acceptors (Lipinski definition) is 4. The lowest BCUT2D eigenvalue weighted by Crippen LogP contribution is -2.53. The first-order chi connectivity index (χ1) is 10.8. The zero-order chi connectivity index (χ0) is 16.7. The van der Waals surface area contributed by atoms with E-state index in [2.05, 4.69) is 0 Å². The molecule has 0 unspecified atom stereocenters. The third kappa shape index (κ3) is 3.24. The maximum atomic E-state index is 13.3. The van der Waals surface area contributed by atoms with Crippen molar-refractivity contribution < 1.29 is 28.1 Å². The molecule has 2 saturated heterocycles. The second-order valence-electron chi connectivity index (χ2n) is 6.57. The van der Waals surface area contributed by atoms with Gasteiger partial charge >= 0.3 is 6.18 Å². The van der Waals surface area contributed by atoms with Gasteiger partial charge in [0.15, 0.2) is 0 Å². The zero-order valence-corrected chi connectivity index (χ0v) is 12.6. The molecular formula is C16H20F3NO3. The minimum absolute atomic E-state index is 0.0762. The van der Waals surface area contributed by atoms with Gasteiger partial charge in [-0.15, -0.1) is 0 Å². The fraction of sp³-hybridized carbons (Fsp3) is 0.625. The molecule has 0 spiro atoms. The van der Waals surface area contributed by atoms with Crippen molar-refractivity contribution in [1.29, 1.82) is 0 Å². The fourth-order valence-corrected chi connectivity index (χ4v) is 3.48. The molecule has 4 nitrogen and oxygen atoms in total. The Balaban J connectivity index is 1.88. The smallest absolute Gasteiger partial charge is 0.396 e. The second-order valence-corrected chi connectivity index (χ2v) is 6.57. The molecule has 0 aromatic heterocycles. The highest BCUT2D eigenvalue weighted by atomic mass is 19.4. The number of aliphatic hydroxyl groups is 2. The maximum absolute atomic E-state index is 13.3. The molecule has 0 bridgehead atoms. The van der Waals surface area contributed by atoms with Crippen LogP contribution in [0.15, 0.2) is 24.3 Å². The Hall–Kier alpha value is -1.15. The molecule has 128 valence electrons. The van der Waals surface area contributed by atoms with Gasteiger partial charge in [0.25, 0.3) is 0 Å². The predicted molar refractivity (Wildman–Crippen MR) is 76.7 cm³/mol. The highest BCUT2D eigenvalue weighted by molar-refractivity contribution is 5.33. The van der Waals surface area contributed by atoms with Gasteiger partial charge in [0, 0.05) is 19.1 Å². The SMILES string of the molecule is OCC1(CN2C[C@@H](O)C[C@@H]2c2ccccc2C(F)(F)F)COC1.